The number of ether oxygens (including phenoxy) is 2. The molecule has 2 atom stereocenters. The molecule has 7 heteroatoms. The van der Waals surface area contributed by atoms with Gasteiger partial charge in [0.25, 0.3) is 11.8 Å². The van der Waals surface area contributed by atoms with E-state index in [-0.39, 0.29) is 6.42 Å². The third-order valence-corrected chi connectivity index (χ3v) is 4.14. The maximum atomic E-state index is 12.2. The quantitative estimate of drug-likeness (QED) is 0.792. The molecule has 0 spiro atoms. The highest BCUT2D eigenvalue weighted by atomic mass is 16.6. The number of aryl methyl sites for hydroxylation is 1. The number of para-hydroxylation sites is 3. The number of carbonyl (C=O) groups excluding carboxylic acids is 3. The standard InChI is InChI=1S/C20H20N2O5/c1-12-7-3-4-8-14(12)21-19(24)13(2)26-18(23)11-17-20(25)22-15-9-5-6-10-16(15)27-17/h3-10,13,17H,11H2,1-2H3,(H,21,24)(H,22,25)/t13-,17-/m1/s1. The molecule has 2 N–H and O–H groups in total. The number of nitrogens with one attached hydrogen (secondary N) is 2. The van der Waals surface area contributed by atoms with Gasteiger partial charge < -0.3 is 20.1 Å². The molecule has 140 valence electrons. The Bertz CT molecular complexity index is 880. The lowest BCUT2D eigenvalue weighted by molar-refractivity contribution is -0.155. The molecule has 0 aromatic heterocycles. The number of esters is 1. The summed E-state index contributed by atoms with van der Waals surface area (Å²) in [4.78, 5) is 36.4. The maximum Gasteiger partial charge on any atom is 0.310 e. The largest absolute Gasteiger partial charge is 0.478 e. The second-order valence-corrected chi connectivity index (χ2v) is 6.23. The highest BCUT2D eigenvalue weighted by molar-refractivity contribution is 6.00. The van der Waals surface area contributed by atoms with Crippen molar-refractivity contribution < 1.29 is 23.9 Å². The summed E-state index contributed by atoms with van der Waals surface area (Å²) in [5, 5.41) is 5.39. The van der Waals surface area contributed by atoms with Crippen molar-refractivity contribution in [2.24, 2.45) is 0 Å². The van der Waals surface area contributed by atoms with Gasteiger partial charge >= 0.3 is 5.97 Å². The summed E-state index contributed by atoms with van der Waals surface area (Å²) in [7, 11) is 0. The van der Waals surface area contributed by atoms with E-state index in [1.165, 1.54) is 6.92 Å². The van der Waals surface area contributed by atoms with Crippen molar-refractivity contribution in [3.05, 3.63) is 54.1 Å². The highest BCUT2D eigenvalue weighted by Crippen LogP contribution is 2.29. The van der Waals surface area contributed by atoms with Crippen molar-refractivity contribution in [3.8, 4) is 5.75 Å². The van der Waals surface area contributed by atoms with Crippen LogP contribution in [0, 0.1) is 6.92 Å². The van der Waals surface area contributed by atoms with Crippen LogP contribution in [0.1, 0.15) is 18.9 Å². The molecule has 2 aromatic rings. The van der Waals surface area contributed by atoms with Gasteiger partial charge in [0.15, 0.2) is 12.2 Å². The smallest absolute Gasteiger partial charge is 0.310 e. The van der Waals surface area contributed by atoms with Crippen molar-refractivity contribution in [1.29, 1.82) is 0 Å². The number of carbonyl (C=O) groups is 3. The van der Waals surface area contributed by atoms with Crippen LogP contribution in [0.4, 0.5) is 11.4 Å². The Morgan fingerprint density at radius 1 is 1.19 bits per heavy atom. The van der Waals surface area contributed by atoms with Crippen LogP contribution in [0.25, 0.3) is 0 Å². The van der Waals surface area contributed by atoms with Crippen LogP contribution in [0.3, 0.4) is 0 Å². The van der Waals surface area contributed by atoms with E-state index in [1.807, 2.05) is 19.1 Å². The molecular weight excluding hydrogens is 348 g/mol. The first-order chi connectivity index (χ1) is 12.9. The van der Waals surface area contributed by atoms with Gasteiger partial charge in [-0.3, -0.25) is 14.4 Å². The Labute approximate surface area is 156 Å². The van der Waals surface area contributed by atoms with Crippen molar-refractivity contribution in [2.75, 3.05) is 10.6 Å². The Kier molecular flexibility index (Phi) is 5.40. The molecule has 1 aliphatic heterocycles. The number of hydrogen-bond acceptors (Lipinski definition) is 5. The molecule has 0 unspecified atom stereocenters. The second-order valence-electron chi connectivity index (χ2n) is 6.23. The van der Waals surface area contributed by atoms with E-state index in [2.05, 4.69) is 10.6 Å². The number of anilines is 2. The monoisotopic (exact) mass is 368 g/mol. The average Bonchev–Trinajstić information content (AvgIpc) is 2.64. The molecule has 0 fully saturated rings. The summed E-state index contributed by atoms with van der Waals surface area (Å²) in [5.41, 5.74) is 2.10. The Morgan fingerprint density at radius 3 is 2.67 bits per heavy atom. The Balaban J connectivity index is 1.55. The first-order valence-electron chi connectivity index (χ1n) is 8.56. The summed E-state index contributed by atoms with van der Waals surface area (Å²) in [5.74, 6) is -1.08. The predicted molar refractivity (Wildman–Crippen MR) is 99.5 cm³/mol. The molecule has 1 heterocycles. The van der Waals surface area contributed by atoms with Crippen LogP contribution in [0.15, 0.2) is 48.5 Å². The molecule has 0 saturated heterocycles. The average molecular weight is 368 g/mol. The van der Waals surface area contributed by atoms with Gasteiger partial charge in [0.05, 0.1) is 12.1 Å². The number of benzene rings is 2. The number of fused-ring (bicyclic) bond motifs is 1. The van der Waals surface area contributed by atoms with Gasteiger partial charge in [0.1, 0.15) is 5.75 Å². The second kappa shape index (κ2) is 7.90. The first-order valence-corrected chi connectivity index (χ1v) is 8.56. The summed E-state index contributed by atoms with van der Waals surface area (Å²) in [6.07, 6.45) is -2.29. The summed E-state index contributed by atoms with van der Waals surface area (Å²) < 4.78 is 10.7. The molecule has 3 rings (SSSR count). The zero-order valence-electron chi connectivity index (χ0n) is 15.0. The minimum Gasteiger partial charge on any atom is -0.478 e. The molecule has 1 aliphatic rings. The van der Waals surface area contributed by atoms with Gasteiger partial charge in [0.2, 0.25) is 0 Å². The molecule has 7 nitrogen and oxygen atoms in total. The fourth-order valence-electron chi connectivity index (χ4n) is 2.62. The molecular formula is C20H20N2O5. The maximum absolute atomic E-state index is 12.2. The fourth-order valence-corrected chi connectivity index (χ4v) is 2.62. The Hall–Kier alpha value is -3.35. The molecule has 0 radical (unpaired) electrons. The van der Waals surface area contributed by atoms with E-state index in [1.54, 1.807) is 36.4 Å². The predicted octanol–water partition coefficient (Wildman–Crippen LogP) is 2.66. The van der Waals surface area contributed by atoms with E-state index < -0.39 is 30.0 Å². The number of rotatable bonds is 5. The van der Waals surface area contributed by atoms with Crippen molar-refractivity contribution in [3.63, 3.8) is 0 Å². The zero-order chi connectivity index (χ0) is 19.4. The summed E-state index contributed by atoms with van der Waals surface area (Å²) >= 11 is 0. The fraction of sp³-hybridized carbons (Fsp3) is 0.250. The minimum atomic E-state index is -1.00. The number of hydrogen-bond donors (Lipinski definition) is 2. The first kappa shape index (κ1) is 18.4. The van der Waals surface area contributed by atoms with Gasteiger partial charge in [-0.2, -0.15) is 0 Å². The van der Waals surface area contributed by atoms with E-state index in [9.17, 15) is 14.4 Å². The van der Waals surface area contributed by atoms with Crippen LogP contribution in [0.5, 0.6) is 5.75 Å². The molecule has 0 saturated carbocycles. The highest BCUT2D eigenvalue weighted by Gasteiger charge is 2.31. The molecule has 2 amide bonds. The van der Waals surface area contributed by atoms with E-state index in [0.29, 0.717) is 17.1 Å². The molecule has 27 heavy (non-hydrogen) atoms. The van der Waals surface area contributed by atoms with Crippen molar-refractivity contribution in [1.82, 2.24) is 0 Å². The summed E-state index contributed by atoms with van der Waals surface area (Å²) in [6.45, 7) is 3.34. The Morgan fingerprint density at radius 2 is 1.89 bits per heavy atom. The van der Waals surface area contributed by atoms with Crippen LogP contribution >= 0.6 is 0 Å². The summed E-state index contributed by atoms with van der Waals surface area (Å²) in [6, 6.07) is 14.2. The van der Waals surface area contributed by atoms with Crippen molar-refractivity contribution in [2.45, 2.75) is 32.5 Å². The van der Waals surface area contributed by atoms with Crippen LogP contribution in [-0.2, 0) is 19.1 Å². The lowest BCUT2D eigenvalue weighted by Gasteiger charge is -2.25. The molecule has 0 bridgehead atoms. The topological polar surface area (TPSA) is 93.7 Å². The van der Waals surface area contributed by atoms with Gasteiger partial charge in [0, 0.05) is 5.69 Å². The SMILES string of the molecule is Cc1ccccc1NC(=O)[C@@H](C)OC(=O)C[C@H]1Oc2ccccc2NC1=O. The van der Waals surface area contributed by atoms with Crippen LogP contribution < -0.4 is 15.4 Å². The van der Waals surface area contributed by atoms with Gasteiger partial charge in [-0.05, 0) is 37.6 Å². The van der Waals surface area contributed by atoms with E-state index in [0.717, 1.165) is 5.56 Å². The third kappa shape index (κ3) is 4.44. The van der Waals surface area contributed by atoms with E-state index >= 15 is 0 Å². The van der Waals surface area contributed by atoms with Crippen molar-refractivity contribution >= 4 is 29.2 Å². The minimum absolute atomic E-state index is 0.290. The van der Waals surface area contributed by atoms with Gasteiger partial charge in [-0.1, -0.05) is 30.3 Å². The molecule has 0 aliphatic carbocycles. The normalized spacial score (nSPS) is 16.4. The van der Waals surface area contributed by atoms with E-state index in [4.69, 9.17) is 9.47 Å². The third-order valence-electron chi connectivity index (χ3n) is 4.14. The zero-order valence-corrected chi connectivity index (χ0v) is 15.0. The van der Waals surface area contributed by atoms with Gasteiger partial charge in [-0.15, -0.1) is 0 Å². The number of amides is 2. The lowest BCUT2D eigenvalue weighted by Crippen LogP contribution is -2.40. The van der Waals surface area contributed by atoms with Crippen LogP contribution in [0.2, 0.25) is 0 Å². The van der Waals surface area contributed by atoms with Gasteiger partial charge in [-0.25, -0.2) is 0 Å². The molecule has 2 aromatic carbocycles. The van der Waals surface area contributed by atoms with Crippen LogP contribution in [-0.4, -0.2) is 30.0 Å². The lowest BCUT2D eigenvalue weighted by atomic mass is 10.1.